The van der Waals surface area contributed by atoms with E-state index in [2.05, 4.69) is 12.2 Å². The van der Waals surface area contributed by atoms with Crippen LogP contribution in [-0.2, 0) is 14.3 Å². The number of rotatable bonds is 1. The molecular formula is C13H18O3. The van der Waals surface area contributed by atoms with Crippen LogP contribution in [0.3, 0.4) is 0 Å². The maximum atomic E-state index is 12.0. The lowest BCUT2D eigenvalue weighted by Gasteiger charge is -2.23. The molecule has 0 amide bonds. The molecule has 0 spiro atoms. The van der Waals surface area contributed by atoms with Crippen LogP contribution in [0.1, 0.15) is 32.1 Å². The number of carbonyl (C=O) groups is 2. The van der Waals surface area contributed by atoms with E-state index in [1.165, 1.54) is 7.11 Å². The first-order chi connectivity index (χ1) is 7.72. The molecule has 3 nitrogen and oxygen atoms in total. The molecule has 0 aromatic rings. The lowest BCUT2D eigenvalue weighted by Crippen LogP contribution is -2.24. The fourth-order valence-electron chi connectivity index (χ4n) is 2.85. The zero-order valence-electron chi connectivity index (χ0n) is 9.65. The van der Waals surface area contributed by atoms with E-state index in [0.29, 0.717) is 12.3 Å². The van der Waals surface area contributed by atoms with Crippen molar-refractivity contribution < 1.29 is 14.3 Å². The minimum atomic E-state index is -0.226. The summed E-state index contributed by atoms with van der Waals surface area (Å²) in [6.07, 6.45) is 8.36. The topological polar surface area (TPSA) is 43.4 Å². The fourth-order valence-corrected chi connectivity index (χ4v) is 2.85. The monoisotopic (exact) mass is 222 g/mol. The molecule has 3 heteroatoms. The second-order valence-electron chi connectivity index (χ2n) is 4.74. The molecule has 0 N–H and O–H groups in total. The second kappa shape index (κ2) is 4.81. The van der Waals surface area contributed by atoms with Crippen molar-refractivity contribution in [3.63, 3.8) is 0 Å². The summed E-state index contributed by atoms with van der Waals surface area (Å²) in [5, 5.41) is 0. The number of methoxy groups -OCH3 is 1. The van der Waals surface area contributed by atoms with Crippen LogP contribution < -0.4 is 0 Å². The molecule has 2 aliphatic carbocycles. The Morgan fingerprint density at radius 2 is 2.19 bits per heavy atom. The Morgan fingerprint density at radius 1 is 1.38 bits per heavy atom. The summed E-state index contributed by atoms with van der Waals surface area (Å²) in [7, 11) is 1.39. The molecule has 88 valence electrons. The lowest BCUT2D eigenvalue weighted by atomic mass is 9.80. The molecule has 0 aromatic carbocycles. The summed E-state index contributed by atoms with van der Waals surface area (Å²) in [4.78, 5) is 23.5. The Kier molecular flexibility index (Phi) is 3.42. The zero-order chi connectivity index (χ0) is 11.5. The number of esters is 1. The lowest BCUT2D eigenvalue weighted by molar-refractivity contribution is -0.147. The number of ketones is 1. The summed E-state index contributed by atoms with van der Waals surface area (Å²) < 4.78 is 4.74. The molecular weight excluding hydrogens is 204 g/mol. The third kappa shape index (κ3) is 2.18. The Labute approximate surface area is 95.9 Å². The number of hydrogen-bond acceptors (Lipinski definition) is 3. The highest BCUT2D eigenvalue weighted by Gasteiger charge is 2.35. The largest absolute Gasteiger partial charge is 0.469 e. The average Bonchev–Trinajstić information content (AvgIpc) is 2.49. The zero-order valence-corrected chi connectivity index (χ0v) is 9.65. The van der Waals surface area contributed by atoms with E-state index in [-0.39, 0.29) is 23.6 Å². The normalized spacial score (nSPS) is 34.1. The summed E-state index contributed by atoms with van der Waals surface area (Å²) in [6.45, 7) is 0. The molecule has 3 atom stereocenters. The van der Waals surface area contributed by atoms with Crippen molar-refractivity contribution in [2.24, 2.45) is 17.8 Å². The predicted octanol–water partition coefficient (Wildman–Crippen LogP) is 2.11. The maximum absolute atomic E-state index is 12.0. The van der Waals surface area contributed by atoms with E-state index in [1.54, 1.807) is 0 Å². The summed E-state index contributed by atoms with van der Waals surface area (Å²) in [5.74, 6) is 0.324. The minimum absolute atomic E-state index is 0.152. The van der Waals surface area contributed by atoms with E-state index in [4.69, 9.17) is 4.74 Å². The van der Waals surface area contributed by atoms with Crippen LogP contribution in [0, 0.1) is 17.8 Å². The van der Waals surface area contributed by atoms with Gasteiger partial charge in [0.25, 0.3) is 0 Å². The number of allylic oxidation sites excluding steroid dienone is 2. The van der Waals surface area contributed by atoms with Crippen molar-refractivity contribution >= 4 is 11.8 Å². The minimum Gasteiger partial charge on any atom is -0.469 e. The summed E-state index contributed by atoms with van der Waals surface area (Å²) in [6, 6.07) is 0. The number of carbonyl (C=O) groups excluding carboxylic acids is 2. The highest BCUT2D eigenvalue weighted by Crippen LogP contribution is 2.36. The van der Waals surface area contributed by atoms with Crippen LogP contribution in [0.2, 0.25) is 0 Å². The van der Waals surface area contributed by atoms with Crippen LogP contribution in [0.4, 0.5) is 0 Å². The summed E-state index contributed by atoms with van der Waals surface area (Å²) in [5.41, 5.74) is 0. The maximum Gasteiger partial charge on any atom is 0.309 e. The van der Waals surface area contributed by atoms with Gasteiger partial charge in [-0.2, -0.15) is 0 Å². The molecule has 0 saturated heterocycles. The molecule has 2 aliphatic rings. The van der Waals surface area contributed by atoms with Crippen molar-refractivity contribution in [2.45, 2.75) is 32.1 Å². The van der Waals surface area contributed by atoms with Gasteiger partial charge >= 0.3 is 5.97 Å². The molecule has 0 aliphatic heterocycles. The van der Waals surface area contributed by atoms with E-state index < -0.39 is 0 Å². The quantitative estimate of drug-likeness (QED) is 0.504. The van der Waals surface area contributed by atoms with E-state index in [1.807, 2.05) is 0 Å². The predicted molar refractivity (Wildman–Crippen MR) is 59.7 cm³/mol. The van der Waals surface area contributed by atoms with Crippen LogP contribution in [0.5, 0.6) is 0 Å². The van der Waals surface area contributed by atoms with Crippen molar-refractivity contribution in [3.8, 4) is 0 Å². The number of ether oxygens (including phenoxy) is 1. The van der Waals surface area contributed by atoms with Gasteiger partial charge in [-0.15, -0.1) is 0 Å². The number of Topliss-reactive ketones (excluding diaryl/α,β-unsaturated/α-hetero) is 1. The highest BCUT2D eigenvalue weighted by atomic mass is 16.5. The molecule has 0 radical (unpaired) electrons. The molecule has 2 rings (SSSR count). The van der Waals surface area contributed by atoms with Gasteiger partial charge in [-0.05, 0) is 31.6 Å². The third-order valence-electron chi connectivity index (χ3n) is 3.79. The highest BCUT2D eigenvalue weighted by molar-refractivity contribution is 5.87. The van der Waals surface area contributed by atoms with Gasteiger partial charge in [0.2, 0.25) is 0 Å². The van der Waals surface area contributed by atoms with Gasteiger partial charge in [0.05, 0.1) is 13.0 Å². The van der Waals surface area contributed by atoms with Crippen LogP contribution >= 0.6 is 0 Å². The van der Waals surface area contributed by atoms with Gasteiger partial charge in [-0.25, -0.2) is 0 Å². The van der Waals surface area contributed by atoms with Gasteiger partial charge in [-0.1, -0.05) is 12.2 Å². The second-order valence-corrected chi connectivity index (χ2v) is 4.74. The van der Waals surface area contributed by atoms with Gasteiger partial charge in [0.15, 0.2) is 0 Å². The average molecular weight is 222 g/mol. The Balaban J connectivity index is 2.10. The standard InChI is InChI=1S/C13H18O3/c1-16-13(15)10-7-6-9-4-2-3-5-11(9)12(14)8-10/h2,4,9-11H,3,5-8H2,1H3/t9-,10+,11-/m1/s1. The SMILES string of the molecule is COC(=O)[C@H]1CC[C@H]2C=CCC[C@H]2C(=O)C1. The van der Waals surface area contributed by atoms with E-state index in [9.17, 15) is 9.59 Å². The van der Waals surface area contributed by atoms with Gasteiger partial charge in [0.1, 0.15) is 5.78 Å². The van der Waals surface area contributed by atoms with Gasteiger partial charge in [-0.3, -0.25) is 9.59 Å². The first-order valence-electron chi connectivity index (χ1n) is 5.99. The van der Waals surface area contributed by atoms with Crippen molar-refractivity contribution in [1.29, 1.82) is 0 Å². The Morgan fingerprint density at radius 3 is 2.94 bits per heavy atom. The van der Waals surface area contributed by atoms with Crippen molar-refractivity contribution in [2.75, 3.05) is 7.11 Å². The van der Waals surface area contributed by atoms with Gasteiger partial charge < -0.3 is 4.74 Å². The van der Waals surface area contributed by atoms with Crippen molar-refractivity contribution in [1.82, 2.24) is 0 Å². The Hall–Kier alpha value is -1.12. The fraction of sp³-hybridized carbons (Fsp3) is 0.692. The van der Waals surface area contributed by atoms with E-state index >= 15 is 0 Å². The first kappa shape index (κ1) is 11.4. The summed E-state index contributed by atoms with van der Waals surface area (Å²) >= 11 is 0. The van der Waals surface area contributed by atoms with Crippen LogP contribution in [0.15, 0.2) is 12.2 Å². The van der Waals surface area contributed by atoms with E-state index in [0.717, 1.165) is 25.7 Å². The van der Waals surface area contributed by atoms with Crippen LogP contribution in [0.25, 0.3) is 0 Å². The third-order valence-corrected chi connectivity index (χ3v) is 3.79. The first-order valence-corrected chi connectivity index (χ1v) is 5.99. The van der Waals surface area contributed by atoms with Gasteiger partial charge in [0, 0.05) is 12.3 Å². The molecule has 0 aromatic heterocycles. The molecule has 0 unspecified atom stereocenters. The smallest absolute Gasteiger partial charge is 0.309 e. The number of hydrogen-bond donors (Lipinski definition) is 0. The van der Waals surface area contributed by atoms with Crippen LogP contribution in [-0.4, -0.2) is 18.9 Å². The molecule has 0 bridgehead atoms. The molecule has 16 heavy (non-hydrogen) atoms. The van der Waals surface area contributed by atoms with Crippen molar-refractivity contribution in [3.05, 3.63) is 12.2 Å². The molecule has 1 saturated carbocycles. The molecule has 0 heterocycles. The number of fused-ring (bicyclic) bond motifs is 1. The Bertz CT molecular complexity index is 319. The molecule has 1 fully saturated rings.